The Bertz CT molecular complexity index is 604. The Morgan fingerprint density at radius 2 is 2.00 bits per heavy atom. The molecule has 1 aromatic heterocycles. The van der Waals surface area contributed by atoms with Crippen molar-refractivity contribution in [3.05, 3.63) is 51.7 Å². The molecule has 0 aliphatic carbocycles. The van der Waals surface area contributed by atoms with Crippen LogP contribution in [0.1, 0.15) is 15.3 Å². The summed E-state index contributed by atoms with van der Waals surface area (Å²) >= 11 is 1.73. The maximum Gasteiger partial charge on any atom is 0.0772 e. The van der Waals surface area contributed by atoms with Gasteiger partial charge in [-0.1, -0.05) is 30.0 Å². The van der Waals surface area contributed by atoms with Gasteiger partial charge in [-0.3, -0.25) is 0 Å². The van der Waals surface area contributed by atoms with E-state index in [2.05, 4.69) is 67.1 Å². The lowest BCUT2D eigenvalue weighted by Crippen LogP contribution is -2.16. The minimum Gasteiger partial charge on any atom is -0.369 e. The minimum absolute atomic E-state index is 0.413. The third-order valence-corrected chi connectivity index (χ3v) is 3.88. The predicted octanol–water partition coefficient (Wildman–Crippen LogP) is 3.00. The maximum absolute atomic E-state index is 5.38. The van der Waals surface area contributed by atoms with Crippen molar-refractivity contribution in [1.29, 1.82) is 0 Å². The molecule has 0 spiro atoms. The van der Waals surface area contributed by atoms with Crippen LogP contribution in [0.5, 0.6) is 0 Å². The molecule has 1 heterocycles. The average Bonchev–Trinajstić information content (AvgIpc) is 2.84. The molecule has 2 N–H and O–H groups in total. The van der Waals surface area contributed by atoms with Crippen molar-refractivity contribution < 1.29 is 0 Å². The molecule has 2 rings (SSSR count). The van der Waals surface area contributed by atoms with Crippen LogP contribution in [0.25, 0.3) is 0 Å². The van der Waals surface area contributed by atoms with Crippen molar-refractivity contribution in [3.8, 4) is 11.8 Å². The average molecular weight is 270 g/mol. The molecule has 2 nitrogen and oxygen atoms in total. The van der Waals surface area contributed by atoms with Crippen molar-refractivity contribution in [2.24, 2.45) is 5.73 Å². The van der Waals surface area contributed by atoms with Crippen molar-refractivity contribution >= 4 is 17.0 Å². The lowest BCUT2D eigenvalue weighted by molar-refractivity contribution is 0.934. The molecular formula is C16H18N2S. The highest BCUT2D eigenvalue weighted by molar-refractivity contribution is 7.12. The van der Waals surface area contributed by atoms with Crippen LogP contribution < -0.4 is 10.6 Å². The lowest BCUT2D eigenvalue weighted by Gasteiger charge is -2.20. The first kappa shape index (κ1) is 13.7. The molecule has 0 aliphatic rings. The summed E-state index contributed by atoms with van der Waals surface area (Å²) in [5.74, 6) is 5.96. The van der Waals surface area contributed by atoms with Crippen LogP contribution in [0.3, 0.4) is 0 Å². The van der Waals surface area contributed by atoms with E-state index in [0.29, 0.717) is 6.54 Å². The van der Waals surface area contributed by atoms with Crippen LogP contribution >= 0.6 is 11.3 Å². The number of thiophene rings is 1. The van der Waals surface area contributed by atoms with Gasteiger partial charge in [-0.2, -0.15) is 0 Å². The van der Waals surface area contributed by atoms with Gasteiger partial charge in [0, 0.05) is 17.6 Å². The van der Waals surface area contributed by atoms with Gasteiger partial charge in [0.15, 0.2) is 0 Å². The van der Waals surface area contributed by atoms with Crippen LogP contribution in [-0.4, -0.2) is 13.6 Å². The Kier molecular flexibility index (Phi) is 4.62. The molecule has 19 heavy (non-hydrogen) atoms. The number of anilines is 1. The van der Waals surface area contributed by atoms with Crippen molar-refractivity contribution in [2.75, 3.05) is 18.5 Å². The molecule has 0 amide bonds. The van der Waals surface area contributed by atoms with Gasteiger partial charge in [-0.15, -0.1) is 11.3 Å². The topological polar surface area (TPSA) is 29.3 Å². The molecule has 1 aromatic carbocycles. The highest BCUT2D eigenvalue weighted by atomic mass is 32.1. The fourth-order valence-electron chi connectivity index (χ4n) is 1.98. The van der Waals surface area contributed by atoms with E-state index in [4.69, 9.17) is 5.73 Å². The van der Waals surface area contributed by atoms with Crippen LogP contribution in [-0.2, 0) is 6.54 Å². The third-order valence-electron chi connectivity index (χ3n) is 2.90. The Balaban J connectivity index is 2.09. The molecule has 98 valence electrons. The van der Waals surface area contributed by atoms with Crippen molar-refractivity contribution in [1.82, 2.24) is 0 Å². The predicted molar refractivity (Wildman–Crippen MR) is 83.5 cm³/mol. The minimum atomic E-state index is 0.413. The number of rotatable bonds is 3. The highest BCUT2D eigenvalue weighted by Gasteiger charge is 2.06. The Hall–Kier alpha value is -1.76. The van der Waals surface area contributed by atoms with Gasteiger partial charge in [-0.25, -0.2) is 0 Å². The van der Waals surface area contributed by atoms with Crippen LogP contribution in [0.2, 0.25) is 0 Å². The zero-order valence-corrected chi connectivity index (χ0v) is 12.1. The number of benzene rings is 1. The Labute approximate surface area is 118 Å². The van der Waals surface area contributed by atoms with Gasteiger partial charge < -0.3 is 10.6 Å². The molecule has 0 aliphatic heterocycles. The second-order valence-corrected chi connectivity index (χ2v) is 5.58. The summed E-state index contributed by atoms with van der Waals surface area (Å²) in [6, 6.07) is 12.6. The summed E-state index contributed by atoms with van der Waals surface area (Å²) in [6.45, 7) is 3.45. The fourth-order valence-corrected chi connectivity index (χ4v) is 2.91. The summed E-state index contributed by atoms with van der Waals surface area (Å²) in [6.07, 6.45) is 0. The SMILES string of the molecule is Cc1ccccc1N(C)Cc1ccc(C#CCN)s1. The summed E-state index contributed by atoms with van der Waals surface area (Å²) < 4.78 is 0. The third kappa shape index (κ3) is 3.60. The van der Waals surface area contributed by atoms with Gasteiger partial charge in [0.05, 0.1) is 18.0 Å². The molecule has 0 saturated heterocycles. The summed E-state index contributed by atoms with van der Waals surface area (Å²) in [7, 11) is 2.12. The molecule has 0 atom stereocenters. The molecule has 3 heteroatoms. The normalized spacial score (nSPS) is 9.84. The van der Waals surface area contributed by atoms with E-state index in [1.807, 2.05) is 0 Å². The van der Waals surface area contributed by atoms with E-state index in [1.165, 1.54) is 16.1 Å². The van der Waals surface area contributed by atoms with E-state index in [-0.39, 0.29) is 0 Å². The molecular weight excluding hydrogens is 252 g/mol. The van der Waals surface area contributed by atoms with Crippen molar-refractivity contribution in [3.63, 3.8) is 0 Å². The zero-order valence-electron chi connectivity index (χ0n) is 11.3. The molecule has 2 aromatic rings. The van der Waals surface area contributed by atoms with Gasteiger partial charge in [-0.05, 0) is 30.7 Å². The summed E-state index contributed by atoms with van der Waals surface area (Å²) in [4.78, 5) is 4.66. The number of aryl methyl sites for hydroxylation is 1. The molecule has 0 saturated carbocycles. The zero-order chi connectivity index (χ0) is 13.7. The summed E-state index contributed by atoms with van der Waals surface area (Å²) in [5.41, 5.74) is 7.94. The number of nitrogens with two attached hydrogens (primary N) is 1. The Morgan fingerprint density at radius 3 is 2.74 bits per heavy atom. The van der Waals surface area contributed by atoms with Crippen LogP contribution in [0.4, 0.5) is 5.69 Å². The van der Waals surface area contributed by atoms with Crippen LogP contribution in [0, 0.1) is 18.8 Å². The molecule has 0 fully saturated rings. The van der Waals surface area contributed by atoms with Gasteiger partial charge >= 0.3 is 0 Å². The highest BCUT2D eigenvalue weighted by Crippen LogP contribution is 2.23. The summed E-state index contributed by atoms with van der Waals surface area (Å²) in [5, 5.41) is 0. The standard InChI is InChI=1S/C16H18N2S/c1-13-6-3-4-8-16(13)18(2)12-15-10-9-14(19-15)7-5-11-17/h3-4,6,8-10H,11-12,17H2,1-2H3. The van der Waals surface area contributed by atoms with Crippen LogP contribution in [0.15, 0.2) is 36.4 Å². The molecule has 0 bridgehead atoms. The first-order chi connectivity index (χ1) is 9.20. The van der Waals surface area contributed by atoms with Gasteiger partial charge in [0.2, 0.25) is 0 Å². The first-order valence-corrected chi connectivity index (χ1v) is 7.07. The molecule has 0 unspecified atom stereocenters. The number of nitrogens with zero attached hydrogens (tertiary/aromatic N) is 1. The van der Waals surface area contributed by atoms with E-state index in [0.717, 1.165) is 11.4 Å². The second-order valence-electron chi connectivity index (χ2n) is 4.41. The monoisotopic (exact) mass is 270 g/mol. The smallest absolute Gasteiger partial charge is 0.0772 e. The fraction of sp³-hybridized carbons (Fsp3) is 0.250. The van der Waals surface area contributed by atoms with Crippen molar-refractivity contribution in [2.45, 2.75) is 13.5 Å². The lowest BCUT2D eigenvalue weighted by atomic mass is 10.2. The van der Waals surface area contributed by atoms with Gasteiger partial charge in [0.25, 0.3) is 0 Å². The Morgan fingerprint density at radius 1 is 1.21 bits per heavy atom. The van der Waals surface area contributed by atoms with E-state index >= 15 is 0 Å². The first-order valence-electron chi connectivity index (χ1n) is 6.25. The van der Waals surface area contributed by atoms with E-state index in [1.54, 1.807) is 11.3 Å². The quantitative estimate of drug-likeness (QED) is 0.869. The number of hydrogen-bond donors (Lipinski definition) is 1. The number of hydrogen-bond acceptors (Lipinski definition) is 3. The van der Waals surface area contributed by atoms with Gasteiger partial charge in [0.1, 0.15) is 0 Å². The molecule has 0 radical (unpaired) electrons. The maximum atomic E-state index is 5.38. The second kappa shape index (κ2) is 6.42. The van der Waals surface area contributed by atoms with E-state index in [9.17, 15) is 0 Å². The largest absolute Gasteiger partial charge is 0.369 e. The van der Waals surface area contributed by atoms with E-state index < -0.39 is 0 Å². The number of para-hydroxylation sites is 1.